The van der Waals surface area contributed by atoms with Crippen molar-refractivity contribution in [2.24, 2.45) is 20.4 Å². The normalized spacial score (nSPS) is 14.6. The van der Waals surface area contributed by atoms with E-state index in [2.05, 4.69) is 34.5 Å². The molecule has 2 N–H and O–H groups in total. The molecule has 2 rings (SSSR count). The minimum atomic E-state index is -1.02. The van der Waals surface area contributed by atoms with Crippen molar-refractivity contribution in [1.82, 2.24) is 25.3 Å². The number of benzene rings is 1. The second kappa shape index (κ2) is 28.5. The van der Waals surface area contributed by atoms with Gasteiger partial charge in [0.15, 0.2) is 0 Å². The van der Waals surface area contributed by atoms with Gasteiger partial charge < -0.3 is 38.5 Å². The van der Waals surface area contributed by atoms with Crippen LogP contribution in [0.25, 0.3) is 0 Å². The van der Waals surface area contributed by atoms with E-state index in [0.717, 1.165) is 24.8 Å². The van der Waals surface area contributed by atoms with Gasteiger partial charge in [0.25, 0.3) is 0 Å². The second-order valence-corrected chi connectivity index (χ2v) is 25.7. The van der Waals surface area contributed by atoms with E-state index in [1.807, 2.05) is 32.9 Å². The quantitative estimate of drug-likeness (QED) is 0.0678. The first-order valence-corrected chi connectivity index (χ1v) is 26.8. The SMILES string of the molecule is CC1(C)CN=C(c2ccc(OCCCCN(C(=O)OC(C)(C)C)/C(=N/C(=O)OC(C)(C)C)N(CCCCCCCCN/C(=N\C(=O)OC(C)(C)C)NC(=O)OC(C)(C)C)C(=O)OC(C)(C)C)cc2)N(C(=O)OC(C)(C)C)C1. The van der Waals surface area contributed by atoms with Crippen LogP contribution in [-0.2, 0) is 28.4 Å². The van der Waals surface area contributed by atoms with Gasteiger partial charge in [-0.15, -0.1) is 9.98 Å². The minimum Gasteiger partial charge on any atom is -0.494 e. The van der Waals surface area contributed by atoms with Crippen molar-refractivity contribution in [3.63, 3.8) is 0 Å². The molecule has 0 aromatic heterocycles. The van der Waals surface area contributed by atoms with Gasteiger partial charge in [0, 0.05) is 43.7 Å². The van der Waals surface area contributed by atoms with Gasteiger partial charge in [0.1, 0.15) is 45.2 Å². The fourth-order valence-corrected chi connectivity index (χ4v) is 6.91. The van der Waals surface area contributed by atoms with Gasteiger partial charge in [0.2, 0.25) is 11.9 Å². The van der Waals surface area contributed by atoms with Crippen LogP contribution in [0.5, 0.6) is 5.75 Å². The molecule has 1 aliphatic heterocycles. The summed E-state index contributed by atoms with van der Waals surface area (Å²) in [6.45, 7) is 36.8. The molecule has 0 fully saturated rings. The summed E-state index contributed by atoms with van der Waals surface area (Å²) >= 11 is 0. The van der Waals surface area contributed by atoms with E-state index < -0.39 is 70.2 Å². The highest BCUT2D eigenvalue weighted by Crippen LogP contribution is 2.28. The third-order valence-corrected chi connectivity index (χ3v) is 9.88. The van der Waals surface area contributed by atoms with Gasteiger partial charge >= 0.3 is 36.6 Å². The topological polar surface area (TPSA) is 238 Å². The zero-order chi connectivity index (χ0) is 58.8. The highest BCUT2D eigenvalue weighted by molar-refractivity contribution is 6.07. The Morgan fingerprint density at radius 3 is 1.49 bits per heavy atom. The molecule has 21 heteroatoms. The summed E-state index contributed by atoms with van der Waals surface area (Å²) in [6.07, 6.45) is 0.0380. The van der Waals surface area contributed by atoms with Crippen LogP contribution >= 0.6 is 0 Å². The Kier molecular flexibility index (Phi) is 24.8. The average Bonchev–Trinajstić information content (AvgIpc) is 3.21. The second-order valence-electron chi connectivity index (χ2n) is 25.7. The fourth-order valence-electron chi connectivity index (χ4n) is 6.91. The van der Waals surface area contributed by atoms with E-state index in [1.165, 1.54) is 9.80 Å². The van der Waals surface area contributed by atoms with Crippen LogP contribution in [-0.4, -0.2) is 142 Å². The Bertz CT molecular complexity index is 2220. The third kappa shape index (κ3) is 29.3. The largest absolute Gasteiger partial charge is 0.494 e. The number of hydrogen-bond acceptors (Lipinski definition) is 14. The van der Waals surface area contributed by atoms with Crippen LogP contribution in [0.2, 0.25) is 0 Å². The number of aliphatic imine (C=N–C) groups is 3. The molecule has 436 valence electrons. The molecule has 0 unspecified atom stereocenters. The molecule has 1 aromatic carbocycles. The number of rotatable bonds is 16. The average molecular weight is 1090 g/mol. The number of nitrogens with zero attached hydrogens (tertiary/aromatic N) is 6. The number of alkyl carbamates (subject to hydrolysis) is 1. The summed E-state index contributed by atoms with van der Waals surface area (Å²) in [7, 11) is 0. The van der Waals surface area contributed by atoms with E-state index in [1.54, 1.807) is 121 Å². The third-order valence-electron chi connectivity index (χ3n) is 9.88. The molecular formula is C56H94N8O13. The number of nitrogens with one attached hydrogen (secondary N) is 2. The van der Waals surface area contributed by atoms with Crippen molar-refractivity contribution < 1.29 is 61.9 Å². The van der Waals surface area contributed by atoms with E-state index >= 15 is 0 Å². The zero-order valence-electron chi connectivity index (χ0n) is 50.2. The summed E-state index contributed by atoms with van der Waals surface area (Å²) in [4.78, 5) is 97.1. The van der Waals surface area contributed by atoms with Crippen LogP contribution in [0.4, 0.5) is 28.8 Å². The van der Waals surface area contributed by atoms with Gasteiger partial charge in [0.05, 0.1) is 6.61 Å². The summed E-state index contributed by atoms with van der Waals surface area (Å²) in [5.74, 6) is 0.698. The van der Waals surface area contributed by atoms with Gasteiger partial charge in [-0.05, 0) is 175 Å². The summed E-state index contributed by atoms with van der Waals surface area (Å²) in [6, 6.07) is 7.29. The predicted octanol–water partition coefficient (Wildman–Crippen LogP) is 12.4. The van der Waals surface area contributed by atoms with Gasteiger partial charge in [-0.2, -0.15) is 0 Å². The number of amidine groups is 1. The van der Waals surface area contributed by atoms with E-state index in [0.29, 0.717) is 63.3 Å². The summed E-state index contributed by atoms with van der Waals surface area (Å²) in [5, 5.41) is 5.48. The van der Waals surface area contributed by atoms with Crippen molar-refractivity contribution in [3.05, 3.63) is 29.8 Å². The molecule has 1 aromatic rings. The molecule has 1 heterocycles. The van der Waals surface area contributed by atoms with Crippen LogP contribution < -0.4 is 15.4 Å². The number of hydrogen-bond donors (Lipinski definition) is 2. The molecule has 0 atom stereocenters. The van der Waals surface area contributed by atoms with Crippen LogP contribution in [0, 0.1) is 5.41 Å². The smallest absolute Gasteiger partial charge is 0.437 e. The Balaban J connectivity index is 2.29. The number of carbonyl (C=O) groups excluding carboxylic acids is 6. The Hall–Kier alpha value is -6.15. The predicted molar refractivity (Wildman–Crippen MR) is 298 cm³/mol. The Labute approximate surface area is 459 Å². The van der Waals surface area contributed by atoms with Crippen LogP contribution in [0.1, 0.15) is 195 Å². The lowest BCUT2D eigenvalue weighted by molar-refractivity contribution is 0.0264. The molecule has 6 amide bonds. The molecule has 0 radical (unpaired) electrons. The lowest BCUT2D eigenvalue weighted by atomic mass is 9.91. The molecule has 0 spiro atoms. The van der Waals surface area contributed by atoms with Crippen molar-refractivity contribution in [1.29, 1.82) is 0 Å². The Morgan fingerprint density at radius 2 is 1.01 bits per heavy atom. The first-order valence-electron chi connectivity index (χ1n) is 26.8. The maximum Gasteiger partial charge on any atom is 0.437 e. The standard InChI is InChI=1S/C56H94N8O13/c1-50(2,3)72-44(65)59-42(60-45(66)73-51(4,5)6)57-33-25-23-21-22-24-26-34-62(47(68)75-53(10,11)12)43(61-46(67)74-52(7,8)9)63(48(69)76-54(13,14)15)35-27-28-36-71-40-31-29-39(30-32-40)41-58-37-56(19,20)38-64(41)49(70)77-55(16,17)18/h29-32H,21-28,33-38H2,1-20H3,(H2,57,59,60,65,66)/b61-43+. The van der Waals surface area contributed by atoms with Crippen molar-refractivity contribution in [2.75, 3.05) is 39.3 Å². The molecule has 21 nitrogen and oxygen atoms in total. The first-order chi connectivity index (χ1) is 35.1. The number of amides is 6. The molecule has 1 aliphatic rings. The van der Waals surface area contributed by atoms with Crippen molar-refractivity contribution in [2.45, 2.75) is 223 Å². The Morgan fingerprint density at radius 1 is 0.571 bits per heavy atom. The number of ether oxygens (including phenoxy) is 7. The maximum atomic E-state index is 14.2. The van der Waals surface area contributed by atoms with Crippen LogP contribution in [0.3, 0.4) is 0 Å². The molecule has 0 bridgehead atoms. The lowest BCUT2D eigenvalue weighted by Gasteiger charge is -2.37. The zero-order valence-corrected chi connectivity index (χ0v) is 50.2. The van der Waals surface area contributed by atoms with Gasteiger partial charge in [-0.25, -0.2) is 38.6 Å². The van der Waals surface area contributed by atoms with E-state index in [4.69, 9.17) is 38.2 Å². The molecular weight excluding hydrogens is 993 g/mol. The van der Waals surface area contributed by atoms with E-state index in [-0.39, 0.29) is 37.0 Å². The van der Waals surface area contributed by atoms with Gasteiger partial charge in [-0.3, -0.25) is 15.2 Å². The van der Waals surface area contributed by atoms with Gasteiger partial charge in [-0.1, -0.05) is 39.5 Å². The lowest BCUT2D eigenvalue weighted by Crippen LogP contribution is -2.53. The minimum absolute atomic E-state index is 0.0248. The molecule has 0 saturated carbocycles. The first kappa shape index (κ1) is 67.0. The summed E-state index contributed by atoms with van der Waals surface area (Å²) < 4.78 is 39.8. The number of guanidine groups is 2. The summed E-state index contributed by atoms with van der Waals surface area (Å²) in [5.41, 5.74) is -4.61. The highest BCUT2D eigenvalue weighted by Gasteiger charge is 2.37. The molecule has 77 heavy (non-hydrogen) atoms. The molecule has 0 saturated heterocycles. The van der Waals surface area contributed by atoms with Crippen molar-refractivity contribution in [3.8, 4) is 5.75 Å². The van der Waals surface area contributed by atoms with Crippen molar-refractivity contribution >= 4 is 54.3 Å². The highest BCUT2D eigenvalue weighted by atomic mass is 16.6. The van der Waals surface area contributed by atoms with Crippen LogP contribution in [0.15, 0.2) is 39.2 Å². The van der Waals surface area contributed by atoms with E-state index in [9.17, 15) is 28.8 Å². The number of unbranched alkanes of at least 4 members (excludes halogenated alkanes) is 6. The molecule has 0 aliphatic carbocycles. The maximum absolute atomic E-state index is 14.2. The fraction of sp³-hybridized carbons (Fsp3) is 0.732. The monoisotopic (exact) mass is 1090 g/mol. The number of carbonyl (C=O) groups is 6.